The van der Waals surface area contributed by atoms with Gasteiger partial charge < -0.3 is 20.7 Å². The van der Waals surface area contributed by atoms with Gasteiger partial charge in [0.15, 0.2) is 0 Å². The summed E-state index contributed by atoms with van der Waals surface area (Å²) in [6, 6.07) is 1.06. The number of ether oxygens (including phenoxy) is 1. The first-order valence-corrected chi connectivity index (χ1v) is 5.24. The van der Waals surface area contributed by atoms with Crippen LogP contribution in [0.1, 0.15) is 17.2 Å². The van der Waals surface area contributed by atoms with Crippen LogP contribution in [0.4, 0.5) is 0 Å². The fourth-order valence-corrected chi connectivity index (χ4v) is 2.11. The molecule has 0 bridgehead atoms. The van der Waals surface area contributed by atoms with Gasteiger partial charge in [0.05, 0.1) is 24.2 Å². The van der Waals surface area contributed by atoms with Gasteiger partial charge in [0.25, 0.3) is 0 Å². The summed E-state index contributed by atoms with van der Waals surface area (Å²) in [5.74, 6) is 0.637. The molecule has 4 N–H and O–H groups in total. The number of phenols is 1. The van der Waals surface area contributed by atoms with Crippen molar-refractivity contribution in [2.75, 3.05) is 13.7 Å². The van der Waals surface area contributed by atoms with Gasteiger partial charge >= 0.3 is 0 Å². The normalized spacial score (nSPS) is 12.6. The summed E-state index contributed by atoms with van der Waals surface area (Å²) in [7, 11) is 1.53. The molecule has 0 aliphatic carbocycles. The summed E-state index contributed by atoms with van der Waals surface area (Å²) in [4.78, 5) is 0. The summed E-state index contributed by atoms with van der Waals surface area (Å²) in [5, 5.41) is 18.8. The third-order valence-electron chi connectivity index (χ3n) is 2.27. The minimum absolute atomic E-state index is 0.0663. The van der Waals surface area contributed by atoms with Crippen LogP contribution >= 0.6 is 15.9 Å². The van der Waals surface area contributed by atoms with Crippen molar-refractivity contribution in [1.82, 2.24) is 0 Å². The zero-order valence-corrected chi connectivity index (χ0v) is 10.2. The van der Waals surface area contributed by atoms with Gasteiger partial charge in [0, 0.05) is 11.1 Å². The molecule has 0 fully saturated rings. The van der Waals surface area contributed by atoms with Crippen molar-refractivity contribution in [3.8, 4) is 11.5 Å². The van der Waals surface area contributed by atoms with Crippen LogP contribution in [0.2, 0.25) is 0 Å². The van der Waals surface area contributed by atoms with Gasteiger partial charge in [0.1, 0.15) is 11.5 Å². The van der Waals surface area contributed by atoms with Gasteiger partial charge in [-0.1, -0.05) is 0 Å². The van der Waals surface area contributed by atoms with Gasteiger partial charge in [-0.15, -0.1) is 0 Å². The summed E-state index contributed by atoms with van der Waals surface area (Å²) >= 11 is 3.32. The second-order valence-electron chi connectivity index (χ2n) is 3.24. The number of hydrogen-bond donors (Lipinski definition) is 3. The van der Waals surface area contributed by atoms with E-state index in [4.69, 9.17) is 15.6 Å². The Kier molecular flexibility index (Phi) is 3.96. The first-order valence-electron chi connectivity index (χ1n) is 4.45. The van der Waals surface area contributed by atoms with Crippen LogP contribution in [-0.4, -0.2) is 23.9 Å². The second-order valence-corrected chi connectivity index (χ2v) is 4.10. The molecule has 0 saturated carbocycles. The summed E-state index contributed by atoms with van der Waals surface area (Å²) < 4.78 is 5.82. The predicted octanol–water partition coefficient (Wildman–Crippen LogP) is 1.46. The highest BCUT2D eigenvalue weighted by molar-refractivity contribution is 9.10. The fourth-order valence-electron chi connectivity index (χ4n) is 1.41. The standard InChI is InChI=1S/C10H14BrNO3/c1-5-9(14)6(8(12)4-13)3-7(11)10(5)15-2/h3,8,13-14H,4,12H2,1-2H3. The van der Waals surface area contributed by atoms with Crippen LogP contribution in [0, 0.1) is 6.92 Å². The van der Waals surface area contributed by atoms with Crippen molar-refractivity contribution < 1.29 is 14.9 Å². The highest BCUT2D eigenvalue weighted by Crippen LogP contribution is 2.39. The maximum absolute atomic E-state index is 9.84. The highest BCUT2D eigenvalue weighted by atomic mass is 79.9. The lowest BCUT2D eigenvalue weighted by molar-refractivity contribution is 0.265. The van der Waals surface area contributed by atoms with Crippen LogP contribution < -0.4 is 10.5 Å². The Labute approximate surface area is 96.8 Å². The Balaban J connectivity index is 3.33. The minimum Gasteiger partial charge on any atom is -0.507 e. The molecule has 5 heteroatoms. The second kappa shape index (κ2) is 4.83. The lowest BCUT2D eigenvalue weighted by Crippen LogP contribution is -2.15. The topological polar surface area (TPSA) is 75.7 Å². The molecule has 1 aromatic carbocycles. The van der Waals surface area contributed by atoms with E-state index in [9.17, 15) is 5.11 Å². The molecule has 0 aliphatic rings. The summed E-state index contributed by atoms with van der Waals surface area (Å²) in [6.07, 6.45) is 0. The number of benzene rings is 1. The van der Waals surface area contributed by atoms with Gasteiger partial charge in [-0.25, -0.2) is 0 Å². The summed E-state index contributed by atoms with van der Waals surface area (Å²) in [6.45, 7) is 1.51. The van der Waals surface area contributed by atoms with Gasteiger partial charge in [-0.05, 0) is 28.9 Å². The number of aromatic hydroxyl groups is 1. The van der Waals surface area contributed by atoms with Crippen LogP contribution in [0.5, 0.6) is 11.5 Å². The van der Waals surface area contributed by atoms with Crippen LogP contribution in [-0.2, 0) is 0 Å². The van der Waals surface area contributed by atoms with Crippen molar-refractivity contribution in [2.24, 2.45) is 5.73 Å². The number of hydrogen-bond acceptors (Lipinski definition) is 4. The molecule has 0 heterocycles. The number of halogens is 1. The van der Waals surface area contributed by atoms with Crippen molar-refractivity contribution in [1.29, 1.82) is 0 Å². The zero-order chi connectivity index (χ0) is 11.6. The SMILES string of the molecule is COc1c(Br)cc(C(N)CO)c(O)c1C. The molecule has 4 nitrogen and oxygen atoms in total. The average molecular weight is 276 g/mol. The third-order valence-corrected chi connectivity index (χ3v) is 2.86. The minimum atomic E-state index is -0.592. The predicted molar refractivity (Wildman–Crippen MR) is 61.1 cm³/mol. The molecular formula is C10H14BrNO3. The van der Waals surface area contributed by atoms with Gasteiger partial charge in [0.2, 0.25) is 0 Å². The summed E-state index contributed by atoms with van der Waals surface area (Å²) in [5.41, 5.74) is 6.76. The quantitative estimate of drug-likeness (QED) is 0.781. The van der Waals surface area contributed by atoms with Crippen molar-refractivity contribution in [3.05, 3.63) is 21.7 Å². The highest BCUT2D eigenvalue weighted by Gasteiger charge is 2.17. The molecule has 0 aliphatic heterocycles. The van der Waals surface area contributed by atoms with E-state index in [0.29, 0.717) is 21.3 Å². The van der Waals surface area contributed by atoms with E-state index in [-0.39, 0.29) is 12.4 Å². The van der Waals surface area contributed by atoms with Crippen molar-refractivity contribution >= 4 is 15.9 Å². The molecule has 0 spiro atoms. The van der Waals surface area contributed by atoms with E-state index in [1.165, 1.54) is 7.11 Å². The number of phenolic OH excluding ortho intramolecular Hbond substituents is 1. The molecule has 0 saturated heterocycles. The van der Waals surface area contributed by atoms with Crippen LogP contribution in [0.25, 0.3) is 0 Å². The molecule has 0 radical (unpaired) electrons. The zero-order valence-electron chi connectivity index (χ0n) is 8.62. The number of rotatable bonds is 3. The molecule has 15 heavy (non-hydrogen) atoms. The van der Waals surface area contributed by atoms with Gasteiger partial charge in [-0.2, -0.15) is 0 Å². The first-order chi connectivity index (χ1) is 7.02. The van der Waals surface area contributed by atoms with E-state index in [1.807, 2.05) is 0 Å². The lowest BCUT2D eigenvalue weighted by atomic mass is 10.0. The van der Waals surface area contributed by atoms with Gasteiger partial charge in [-0.3, -0.25) is 0 Å². The molecular weight excluding hydrogens is 262 g/mol. The largest absolute Gasteiger partial charge is 0.507 e. The monoisotopic (exact) mass is 275 g/mol. The number of methoxy groups -OCH3 is 1. The molecule has 1 aromatic rings. The number of aliphatic hydroxyl groups is 1. The smallest absolute Gasteiger partial charge is 0.139 e. The number of aliphatic hydroxyl groups excluding tert-OH is 1. The first kappa shape index (κ1) is 12.3. The molecule has 1 rings (SSSR count). The van der Waals surface area contributed by atoms with Crippen molar-refractivity contribution in [3.63, 3.8) is 0 Å². The maximum Gasteiger partial charge on any atom is 0.139 e. The van der Waals surface area contributed by atoms with E-state index >= 15 is 0 Å². The van der Waals surface area contributed by atoms with Crippen LogP contribution in [0.3, 0.4) is 0 Å². The lowest BCUT2D eigenvalue weighted by Gasteiger charge is -2.16. The maximum atomic E-state index is 9.84. The molecule has 0 amide bonds. The van der Waals surface area contributed by atoms with E-state index < -0.39 is 6.04 Å². The van der Waals surface area contributed by atoms with E-state index in [0.717, 1.165) is 0 Å². The molecule has 0 aromatic heterocycles. The number of nitrogens with two attached hydrogens (primary N) is 1. The Morgan fingerprint density at radius 3 is 2.67 bits per heavy atom. The van der Waals surface area contributed by atoms with E-state index in [2.05, 4.69) is 15.9 Å². The Morgan fingerprint density at radius 2 is 2.20 bits per heavy atom. The fraction of sp³-hybridized carbons (Fsp3) is 0.400. The average Bonchev–Trinajstić information content (AvgIpc) is 2.23. The van der Waals surface area contributed by atoms with Crippen LogP contribution in [0.15, 0.2) is 10.5 Å². The molecule has 84 valence electrons. The Bertz CT molecular complexity index is 368. The van der Waals surface area contributed by atoms with E-state index in [1.54, 1.807) is 13.0 Å². The Hall–Kier alpha value is -0.780. The molecule has 1 unspecified atom stereocenters. The Morgan fingerprint density at radius 1 is 1.60 bits per heavy atom. The third kappa shape index (κ3) is 2.25. The van der Waals surface area contributed by atoms with Crippen molar-refractivity contribution in [2.45, 2.75) is 13.0 Å². The molecule has 1 atom stereocenters.